The molecular formula is C13H21ClN2O2S. The molecule has 4 nitrogen and oxygen atoms in total. The number of sulfonamides is 1. The Morgan fingerprint density at radius 2 is 1.95 bits per heavy atom. The molecule has 1 aromatic carbocycles. The highest BCUT2D eigenvalue weighted by Crippen LogP contribution is 2.27. The molecule has 108 valence electrons. The van der Waals surface area contributed by atoms with Crippen LogP contribution < -0.4 is 5.73 Å². The molecule has 0 spiro atoms. The van der Waals surface area contributed by atoms with Gasteiger partial charge in [0.25, 0.3) is 0 Å². The molecule has 0 aliphatic rings. The van der Waals surface area contributed by atoms with Crippen molar-refractivity contribution in [3.8, 4) is 0 Å². The smallest absolute Gasteiger partial charge is 0.243 e. The van der Waals surface area contributed by atoms with Crippen molar-refractivity contribution < 1.29 is 8.42 Å². The fourth-order valence-electron chi connectivity index (χ4n) is 1.82. The summed E-state index contributed by atoms with van der Waals surface area (Å²) in [6.45, 7) is 4.31. The first-order valence-electron chi connectivity index (χ1n) is 6.32. The third-order valence-electron chi connectivity index (χ3n) is 3.06. The fourth-order valence-corrected chi connectivity index (χ4v) is 3.48. The van der Waals surface area contributed by atoms with Gasteiger partial charge in [-0.25, -0.2) is 12.7 Å². The molecule has 2 N–H and O–H groups in total. The minimum absolute atomic E-state index is 0.230. The van der Waals surface area contributed by atoms with E-state index in [1.165, 1.54) is 10.4 Å². The number of hydrogen-bond donors (Lipinski definition) is 1. The first-order chi connectivity index (χ1) is 8.80. The first kappa shape index (κ1) is 16.3. The number of nitrogens with zero attached hydrogens (tertiary/aromatic N) is 1. The maximum absolute atomic E-state index is 12.4. The molecule has 0 atom stereocenters. The normalized spacial score (nSPS) is 12.1. The maximum atomic E-state index is 12.4. The van der Waals surface area contributed by atoms with Gasteiger partial charge < -0.3 is 5.73 Å². The summed E-state index contributed by atoms with van der Waals surface area (Å²) < 4.78 is 26.2. The predicted octanol–water partition coefficient (Wildman–Crippen LogP) is 3.04. The van der Waals surface area contributed by atoms with Crippen LogP contribution in [0, 0.1) is 6.92 Å². The van der Waals surface area contributed by atoms with Crippen LogP contribution in [0.1, 0.15) is 31.7 Å². The second-order valence-electron chi connectivity index (χ2n) is 4.67. The van der Waals surface area contributed by atoms with Crippen LogP contribution in [0.3, 0.4) is 0 Å². The lowest BCUT2D eigenvalue weighted by Gasteiger charge is -2.19. The monoisotopic (exact) mass is 304 g/mol. The van der Waals surface area contributed by atoms with E-state index in [0.29, 0.717) is 17.1 Å². The van der Waals surface area contributed by atoms with Crippen LogP contribution in [0.15, 0.2) is 17.0 Å². The summed E-state index contributed by atoms with van der Waals surface area (Å²) in [7, 11) is -1.90. The van der Waals surface area contributed by atoms with Gasteiger partial charge in [0.2, 0.25) is 10.0 Å². The minimum atomic E-state index is -3.49. The fraction of sp³-hybridized carbons (Fsp3) is 0.538. The van der Waals surface area contributed by atoms with Crippen molar-refractivity contribution in [1.29, 1.82) is 0 Å². The Balaban J connectivity index is 3.03. The molecule has 0 aliphatic heterocycles. The molecule has 0 fully saturated rings. The Bertz CT molecular complexity index is 544. The van der Waals surface area contributed by atoms with Crippen LogP contribution in [0.4, 0.5) is 5.69 Å². The van der Waals surface area contributed by atoms with Gasteiger partial charge in [-0.15, -0.1) is 0 Å². The number of nitrogen functional groups attached to an aromatic ring is 1. The average molecular weight is 305 g/mol. The minimum Gasteiger partial charge on any atom is -0.397 e. The number of benzene rings is 1. The average Bonchev–Trinajstić information content (AvgIpc) is 2.33. The Kier molecular flexibility index (Phi) is 5.64. The second kappa shape index (κ2) is 6.59. The van der Waals surface area contributed by atoms with E-state index in [1.807, 2.05) is 0 Å². The Labute approximate surface area is 120 Å². The van der Waals surface area contributed by atoms with Gasteiger partial charge in [-0.3, -0.25) is 0 Å². The van der Waals surface area contributed by atoms with Crippen LogP contribution in [0.25, 0.3) is 0 Å². The highest BCUT2D eigenvalue weighted by Gasteiger charge is 2.23. The number of anilines is 1. The van der Waals surface area contributed by atoms with E-state index in [2.05, 4.69) is 6.92 Å². The zero-order valence-electron chi connectivity index (χ0n) is 11.6. The topological polar surface area (TPSA) is 63.4 Å². The molecule has 0 bridgehead atoms. The molecule has 6 heteroatoms. The van der Waals surface area contributed by atoms with E-state index >= 15 is 0 Å². The van der Waals surface area contributed by atoms with Gasteiger partial charge in [0.1, 0.15) is 0 Å². The molecule has 1 aromatic rings. The summed E-state index contributed by atoms with van der Waals surface area (Å²) in [5, 5.41) is 0.380. The summed E-state index contributed by atoms with van der Waals surface area (Å²) in [6, 6.07) is 3.02. The van der Waals surface area contributed by atoms with Gasteiger partial charge in [0, 0.05) is 13.6 Å². The third kappa shape index (κ3) is 3.84. The molecule has 0 heterocycles. The van der Waals surface area contributed by atoms with E-state index in [-0.39, 0.29) is 10.6 Å². The molecule has 0 amide bonds. The van der Waals surface area contributed by atoms with E-state index in [9.17, 15) is 8.42 Å². The van der Waals surface area contributed by atoms with Gasteiger partial charge in [-0.05, 0) is 31.0 Å². The Hall–Kier alpha value is -0.780. The molecule has 1 rings (SSSR count). The predicted molar refractivity (Wildman–Crippen MR) is 79.9 cm³/mol. The van der Waals surface area contributed by atoms with Crippen molar-refractivity contribution in [3.63, 3.8) is 0 Å². The third-order valence-corrected chi connectivity index (χ3v) is 5.39. The van der Waals surface area contributed by atoms with Gasteiger partial charge >= 0.3 is 0 Å². The summed E-state index contributed by atoms with van der Waals surface area (Å²) in [6.07, 6.45) is 2.93. The van der Waals surface area contributed by atoms with Gasteiger partial charge in [0.15, 0.2) is 0 Å². The van der Waals surface area contributed by atoms with Gasteiger partial charge in [-0.1, -0.05) is 31.4 Å². The second-order valence-corrected chi connectivity index (χ2v) is 7.09. The molecule has 0 radical (unpaired) electrons. The first-order valence-corrected chi connectivity index (χ1v) is 8.14. The van der Waals surface area contributed by atoms with Crippen LogP contribution >= 0.6 is 11.6 Å². The lowest BCUT2D eigenvalue weighted by atomic mass is 10.2. The van der Waals surface area contributed by atoms with E-state index in [0.717, 1.165) is 19.3 Å². The standard InChI is InChI=1S/C13H21ClN2O2S/c1-4-5-6-7-16(3)19(17,18)13-9-12(15)11(14)8-10(13)2/h8-9H,4-7,15H2,1-3H3. The molecule has 0 saturated heterocycles. The van der Waals surface area contributed by atoms with Crippen molar-refractivity contribution >= 4 is 27.3 Å². The molecule has 0 aliphatic carbocycles. The number of aryl methyl sites for hydroxylation is 1. The molecule has 0 saturated carbocycles. The van der Waals surface area contributed by atoms with Gasteiger partial charge in [-0.2, -0.15) is 0 Å². The van der Waals surface area contributed by atoms with Crippen LogP contribution in [0.2, 0.25) is 5.02 Å². The number of nitrogens with two attached hydrogens (primary N) is 1. The van der Waals surface area contributed by atoms with Crippen molar-refractivity contribution in [2.75, 3.05) is 19.3 Å². The maximum Gasteiger partial charge on any atom is 0.243 e. The SMILES string of the molecule is CCCCCN(C)S(=O)(=O)c1cc(N)c(Cl)cc1C. The van der Waals surface area contributed by atoms with E-state index in [4.69, 9.17) is 17.3 Å². The number of halogens is 1. The zero-order valence-corrected chi connectivity index (χ0v) is 13.2. The largest absolute Gasteiger partial charge is 0.397 e. The van der Waals surface area contributed by atoms with Gasteiger partial charge in [0.05, 0.1) is 15.6 Å². The number of rotatable bonds is 6. The quantitative estimate of drug-likeness (QED) is 0.649. The molecular weight excluding hydrogens is 284 g/mol. The van der Waals surface area contributed by atoms with Crippen molar-refractivity contribution in [2.24, 2.45) is 0 Å². The molecule has 0 unspecified atom stereocenters. The zero-order chi connectivity index (χ0) is 14.6. The lowest BCUT2D eigenvalue weighted by Crippen LogP contribution is -2.28. The van der Waals surface area contributed by atoms with E-state index in [1.54, 1.807) is 20.0 Å². The lowest BCUT2D eigenvalue weighted by molar-refractivity contribution is 0.454. The van der Waals surface area contributed by atoms with Crippen LogP contribution in [-0.4, -0.2) is 26.3 Å². The van der Waals surface area contributed by atoms with Crippen LogP contribution in [0.5, 0.6) is 0 Å². The summed E-state index contributed by atoms with van der Waals surface area (Å²) in [5.41, 5.74) is 6.59. The summed E-state index contributed by atoms with van der Waals surface area (Å²) >= 11 is 5.88. The summed E-state index contributed by atoms with van der Waals surface area (Å²) in [4.78, 5) is 0.230. The number of hydrogen-bond acceptors (Lipinski definition) is 3. The molecule has 0 aromatic heterocycles. The van der Waals surface area contributed by atoms with Crippen molar-refractivity contribution in [1.82, 2.24) is 4.31 Å². The van der Waals surface area contributed by atoms with Crippen molar-refractivity contribution in [2.45, 2.75) is 38.0 Å². The Morgan fingerprint density at radius 3 is 2.53 bits per heavy atom. The highest BCUT2D eigenvalue weighted by molar-refractivity contribution is 7.89. The molecule has 19 heavy (non-hydrogen) atoms. The van der Waals surface area contributed by atoms with Crippen LogP contribution in [-0.2, 0) is 10.0 Å². The number of unbranched alkanes of at least 4 members (excludes halogenated alkanes) is 2. The summed E-state index contributed by atoms with van der Waals surface area (Å²) in [5.74, 6) is 0. The van der Waals surface area contributed by atoms with Crippen molar-refractivity contribution in [3.05, 3.63) is 22.7 Å². The highest BCUT2D eigenvalue weighted by atomic mass is 35.5. The Morgan fingerprint density at radius 1 is 1.32 bits per heavy atom. The van der Waals surface area contributed by atoms with E-state index < -0.39 is 10.0 Å².